The molecular weight excluding hydrogens is 198 g/mol. The first-order chi connectivity index (χ1) is 7.19. The molecule has 0 saturated carbocycles. The van der Waals surface area contributed by atoms with E-state index >= 15 is 0 Å². The molecule has 1 aliphatic heterocycles. The van der Waals surface area contributed by atoms with Crippen molar-refractivity contribution in [3.63, 3.8) is 0 Å². The van der Waals surface area contributed by atoms with Crippen LogP contribution in [0.2, 0.25) is 0 Å². The highest BCUT2D eigenvalue weighted by Crippen LogP contribution is 2.19. The predicted octanol–water partition coefficient (Wildman–Crippen LogP) is -0.633. The first kappa shape index (κ1) is 12.4. The Bertz CT molecular complexity index is 210. The highest BCUT2D eigenvalue weighted by atomic mass is 16.5. The molecule has 5 heteroatoms. The number of nitrogens with zero attached hydrogens (tertiary/aromatic N) is 1. The van der Waals surface area contributed by atoms with Gasteiger partial charge in [-0.25, -0.2) is 0 Å². The second kappa shape index (κ2) is 6.05. The largest absolute Gasteiger partial charge is 0.468 e. The summed E-state index contributed by atoms with van der Waals surface area (Å²) in [5, 5.41) is 18.1. The second-order valence-corrected chi connectivity index (χ2v) is 3.85. The van der Waals surface area contributed by atoms with Gasteiger partial charge in [0.1, 0.15) is 6.04 Å². The molecule has 0 aromatic rings. The number of ether oxygens (including phenoxy) is 1. The minimum Gasteiger partial charge on any atom is -0.468 e. The molecule has 1 fully saturated rings. The van der Waals surface area contributed by atoms with Crippen LogP contribution in [-0.2, 0) is 9.53 Å². The predicted molar refractivity (Wildman–Crippen MR) is 54.3 cm³/mol. The van der Waals surface area contributed by atoms with E-state index in [1.54, 1.807) is 0 Å². The van der Waals surface area contributed by atoms with E-state index in [2.05, 4.69) is 4.74 Å². The normalized spacial score (nSPS) is 26.9. The summed E-state index contributed by atoms with van der Waals surface area (Å²) >= 11 is 0. The number of aliphatic hydroxyl groups excluding tert-OH is 2. The molecule has 1 saturated heterocycles. The van der Waals surface area contributed by atoms with Crippen molar-refractivity contribution in [1.29, 1.82) is 0 Å². The third kappa shape index (κ3) is 3.44. The van der Waals surface area contributed by atoms with E-state index in [9.17, 15) is 9.90 Å². The molecule has 0 aliphatic carbocycles. The van der Waals surface area contributed by atoms with Crippen molar-refractivity contribution >= 4 is 5.97 Å². The molecule has 15 heavy (non-hydrogen) atoms. The number of carbonyl (C=O) groups is 1. The number of esters is 1. The highest BCUT2D eigenvalue weighted by Gasteiger charge is 2.35. The molecule has 88 valence electrons. The van der Waals surface area contributed by atoms with Crippen LogP contribution in [0.1, 0.15) is 19.3 Å². The van der Waals surface area contributed by atoms with Crippen LogP contribution in [-0.4, -0.2) is 60.0 Å². The molecule has 0 aromatic carbocycles. The number of rotatable bonds is 5. The van der Waals surface area contributed by atoms with Crippen LogP contribution in [0.4, 0.5) is 0 Å². The van der Waals surface area contributed by atoms with Crippen LogP contribution < -0.4 is 0 Å². The molecule has 0 radical (unpaired) electrons. The maximum Gasteiger partial charge on any atom is 0.323 e. The van der Waals surface area contributed by atoms with Crippen LogP contribution >= 0.6 is 0 Å². The van der Waals surface area contributed by atoms with Gasteiger partial charge in [-0.3, -0.25) is 9.69 Å². The van der Waals surface area contributed by atoms with Crippen molar-refractivity contribution < 1.29 is 19.7 Å². The van der Waals surface area contributed by atoms with Crippen LogP contribution in [0.5, 0.6) is 0 Å². The molecule has 0 amide bonds. The number of likely N-dealkylation sites (tertiary alicyclic amines) is 1. The molecule has 1 aliphatic rings. The van der Waals surface area contributed by atoms with Crippen LogP contribution in [0.15, 0.2) is 0 Å². The van der Waals surface area contributed by atoms with E-state index in [1.165, 1.54) is 7.11 Å². The number of hydrogen-bond acceptors (Lipinski definition) is 5. The summed E-state index contributed by atoms with van der Waals surface area (Å²) in [6.07, 6.45) is 1.56. The fraction of sp³-hybridized carbons (Fsp3) is 0.900. The van der Waals surface area contributed by atoms with Gasteiger partial charge in [0, 0.05) is 19.6 Å². The molecular formula is C10H19NO4. The number of hydrogen-bond donors (Lipinski definition) is 2. The zero-order chi connectivity index (χ0) is 11.3. The van der Waals surface area contributed by atoms with Gasteiger partial charge < -0.3 is 14.9 Å². The molecule has 1 heterocycles. The summed E-state index contributed by atoms with van der Waals surface area (Å²) in [4.78, 5) is 13.3. The summed E-state index contributed by atoms with van der Waals surface area (Å²) in [5.41, 5.74) is 0. The Morgan fingerprint density at radius 3 is 2.87 bits per heavy atom. The lowest BCUT2D eigenvalue weighted by Crippen LogP contribution is -2.37. The number of aliphatic hydroxyl groups is 2. The zero-order valence-electron chi connectivity index (χ0n) is 9.06. The monoisotopic (exact) mass is 217 g/mol. The highest BCUT2D eigenvalue weighted by molar-refractivity contribution is 5.76. The molecule has 0 aromatic heterocycles. The Morgan fingerprint density at radius 1 is 1.53 bits per heavy atom. The van der Waals surface area contributed by atoms with Crippen molar-refractivity contribution in [2.24, 2.45) is 0 Å². The Labute approximate surface area is 89.6 Å². The Morgan fingerprint density at radius 2 is 2.27 bits per heavy atom. The van der Waals surface area contributed by atoms with Gasteiger partial charge in [-0.15, -0.1) is 0 Å². The topological polar surface area (TPSA) is 70.0 Å². The SMILES string of the molecule is COC(=O)C1CC(O)CN1CCCCO. The quantitative estimate of drug-likeness (QED) is 0.474. The van der Waals surface area contributed by atoms with E-state index in [1.807, 2.05) is 4.90 Å². The van der Waals surface area contributed by atoms with E-state index < -0.39 is 6.10 Å². The van der Waals surface area contributed by atoms with E-state index in [0.29, 0.717) is 13.0 Å². The fourth-order valence-corrected chi connectivity index (χ4v) is 1.93. The Balaban J connectivity index is 2.42. The summed E-state index contributed by atoms with van der Waals surface area (Å²) < 4.78 is 4.68. The molecule has 2 unspecified atom stereocenters. The lowest BCUT2D eigenvalue weighted by molar-refractivity contribution is -0.145. The van der Waals surface area contributed by atoms with Gasteiger partial charge in [-0.2, -0.15) is 0 Å². The van der Waals surface area contributed by atoms with E-state index in [-0.39, 0.29) is 18.6 Å². The molecule has 2 atom stereocenters. The van der Waals surface area contributed by atoms with Gasteiger partial charge in [-0.05, 0) is 19.4 Å². The maximum absolute atomic E-state index is 11.4. The molecule has 1 rings (SSSR count). The first-order valence-corrected chi connectivity index (χ1v) is 5.29. The molecule has 0 spiro atoms. The Hall–Kier alpha value is -0.650. The minimum absolute atomic E-state index is 0.166. The number of methoxy groups -OCH3 is 1. The van der Waals surface area contributed by atoms with Crippen LogP contribution in [0.3, 0.4) is 0 Å². The third-order valence-corrected chi connectivity index (χ3v) is 2.71. The van der Waals surface area contributed by atoms with Crippen molar-refractivity contribution in [2.45, 2.75) is 31.4 Å². The minimum atomic E-state index is -0.441. The van der Waals surface area contributed by atoms with Gasteiger partial charge in [-0.1, -0.05) is 0 Å². The van der Waals surface area contributed by atoms with Crippen LogP contribution in [0, 0.1) is 0 Å². The number of carbonyl (C=O) groups excluding carboxylic acids is 1. The number of unbranched alkanes of at least 4 members (excludes halogenated alkanes) is 1. The van der Waals surface area contributed by atoms with Crippen molar-refractivity contribution in [3.05, 3.63) is 0 Å². The van der Waals surface area contributed by atoms with Crippen molar-refractivity contribution in [3.8, 4) is 0 Å². The average molecular weight is 217 g/mol. The lowest BCUT2D eigenvalue weighted by Gasteiger charge is -2.21. The smallest absolute Gasteiger partial charge is 0.323 e. The summed E-state index contributed by atoms with van der Waals surface area (Å²) in [6, 6.07) is -0.316. The van der Waals surface area contributed by atoms with Crippen molar-refractivity contribution in [1.82, 2.24) is 4.90 Å². The standard InChI is InChI=1S/C10H19NO4/c1-15-10(14)9-6-8(13)7-11(9)4-2-3-5-12/h8-9,12-13H,2-7H2,1H3. The number of β-amino-alcohol motifs (C(OH)–C–C–N with tert-alkyl or cyclic N) is 1. The van der Waals surface area contributed by atoms with E-state index in [4.69, 9.17) is 5.11 Å². The average Bonchev–Trinajstić information content (AvgIpc) is 2.59. The summed E-state index contributed by atoms with van der Waals surface area (Å²) in [7, 11) is 1.36. The summed E-state index contributed by atoms with van der Waals surface area (Å²) in [6.45, 7) is 1.40. The zero-order valence-corrected chi connectivity index (χ0v) is 9.06. The van der Waals surface area contributed by atoms with Gasteiger partial charge in [0.2, 0.25) is 0 Å². The van der Waals surface area contributed by atoms with Gasteiger partial charge in [0.25, 0.3) is 0 Å². The van der Waals surface area contributed by atoms with Crippen LogP contribution in [0.25, 0.3) is 0 Å². The summed E-state index contributed by atoms with van der Waals surface area (Å²) in [5.74, 6) is -0.282. The molecule has 2 N–H and O–H groups in total. The third-order valence-electron chi connectivity index (χ3n) is 2.71. The Kier molecular flexibility index (Phi) is 5.01. The van der Waals surface area contributed by atoms with Gasteiger partial charge >= 0.3 is 5.97 Å². The van der Waals surface area contributed by atoms with E-state index in [0.717, 1.165) is 19.4 Å². The molecule has 5 nitrogen and oxygen atoms in total. The second-order valence-electron chi connectivity index (χ2n) is 3.85. The maximum atomic E-state index is 11.4. The lowest BCUT2D eigenvalue weighted by atomic mass is 10.2. The fourth-order valence-electron chi connectivity index (χ4n) is 1.93. The van der Waals surface area contributed by atoms with Gasteiger partial charge in [0.05, 0.1) is 13.2 Å². The first-order valence-electron chi connectivity index (χ1n) is 5.29. The van der Waals surface area contributed by atoms with Crippen molar-refractivity contribution in [2.75, 3.05) is 26.8 Å². The molecule has 0 bridgehead atoms. The van der Waals surface area contributed by atoms with Gasteiger partial charge in [0.15, 0.2) is 0 Å².